The Labute approximate surface area is 127 Å². The number of anilines is 1. The zero-order valence-corrected chi connectivity index (χ0v) is 11.9. The van der Waals surface area contributed by atoms with Crippen LogP contribution >= 0.6 is 0 Å². The molecule has 3 heterocycles. The number of nitrogens with one attached hydrogen (secondary N) is 1. The summed E-state index contributed by atoms with van der Waals surface area (Å²) in [5.74, 6) is 2.55. The van der Waals surface area contributed by atoms with Crippen molar-refractivity contribution in [2.24, 2.45) is 0 Å². The molecule has 3 N–H and O–H groups in total. The Kier molecular flexibility index (Phi) is 3.55. The molecule has 0 radical (unpaired) electrons. The molecule has 0 atom stereocenters. The molecule has 0 aliphatic carbocycles. The van der Waals surface area contributed by atoms with Crippen molar-refractivity contribution in [3.05, 3.63) is 42.2 Å². The van der Waals surface area contributed by atoms with Crippen LogP contribution < -0.4 is 10.8 Å². The van der Waals surface area contributed by atoms with Gasteiger partial charge in [-0.05, 0) is 24.3 Å². The molecule has 0 aromatic carbocycles. The van der Waals surface area contributed by atoms with Gasteiger partial charge in [0.05, 0.1) is 23.1 Å². The van der Waals surface area contributed by atoms with Gasteiger partial charge in [0.15, 0.2) is 0 Å². The van der Waals surface area contributed by atoms with Crippen molar-refractivity contribution in [1.29, 1.82) is 0 Å². The van der Waals surface area contributed by atoms with E-state index in [-0.39, 0.29) is 0 Å². The van der Waals surface area contributed by atoms with E-state index in [1.165, 1.54) is 6.20 Å². The van der Waals surface area contributed by atoms with Gasteiger partial charge in [-0.2, -0.15) is 5.10 Å². The molecule has 0 bridgehead atoms. The summed E-state index contributed by atoms with van der Waals surface area (Å²) in [6.45, 7) is 0. The highest BCUT2D eigenvalue weighted by Crippen LogP contribution is 2.22. The first kappa shape index (κ1) is 14.1. The molecule has 0 aliphatic heterocycles. The zero-order valence-electron chi connectivity index (χ0n) is 11.9. The molecule has 3 aromatic heterocycles. The molecule has 0 spiro atoms. The average Bonchev–Trinajstić information content (AvgIpc) is 2.96. The van der Waals surface area contributed by atoms with Gasteiger partial charge in [0.1, 0.15) is 0 Å². The molecule has 0 saturated carbocycles. The highest BCUT2D eigenvalue weighted by Gasteiger charge is 2.18. The maximum absolute atomic E-state index is 9.33. The molecule has 7 heteroatoms. The van der Waals surface area contributed by atoms with Crippen molar-refractivity contribution in [2.75, 3.05) is 12.4 Å². The highest BCUT2D eigenvalue weighted by atomic mass is 16.4. The standard InChI is InChI=1S/C15H13BN4O2/c1-3-10-6-11-4-5-15(20(11)19-8-10)14-7-13(17-2)12(9-18-14)16(21)22/h1,4-9,21-22H,2H3,(H,17,18). The minimum Gasteiger partial charge on any atom is -0.423 e. The van der Waals surface area contributed by atoms with Crippen LogP contribution in [-0.2, 0) is 0 Å². The Morgan fingerprint density at radius 1 is 1.27 bits per heavy atom. The topological polar surface area (TPSA) is 82.7 Å². The third-order valence-corrected chi connectivity index (χ3v) is 3.41. The number of fused-ring (bicyclic) bond motifs is 1. The lowest BCUT2D eigenvalue weighted by atomic mass is 9.80. The Hall–Kier alpha value is -2.82. The van der Waals surface area contributed by atoms with Crippen LogP contribution in [0.1, 0.15) is 5.56 Å². The van der Waals surface area contributed by atoms with Gasteiger partial charge in [-0.25, -0.2) is 4.52 Å². The molecular weight excluding hydrogens is 279 g/mol. The maximum atomic E-state index is 9.33. The highest BCUT2D eigenvalue weighted by molar-refractivity contribution is 6.60. The van der Waals surface area contributed by atoms with E-state index in [4.69, 9.17) is 6.42 Å². The second-order valence-electron chi connectivity index (χ2n) is 4.72. The third kappa shape index (κ3) is 2.31. The molecule has 108 valence electrons. The van der Waals surface area contributed by atoms with E-state index < -0.39 is 7.12 Å². The molecule has 3 rings (SSSR count). The van der Waals surface area contributed by atoms with Gasteiger partial charge in [-0.3, -0.25) is 4.98 Å². The number of aromatic nitrogens is 3. The third-order valence-electron chi connectivity index (χ3n) is 3.41. The maximum Gasteiger partial charge on any atom is 0.492 e. The molecule has 6 nitrogen and oxygen atoms in total. The summed E-state index contributed by atoms with van der Waals surface area (Å²) in [6.07, 6.45) is 8.42. The van der Waals surface area contributed by atoms with E-state index in [2.05, 4.69) is 21.3 Å². The van der Waals surface area contributed by atoms with Crippen LogP contribution in [0.15, 0.2) is 36.7 Å². The Bertz CT molecular complexity index is 883. The van der Waals surface area contributed by atoms with Crippen LogP contribution in [0.25, 0.3) is 16.9 Å². The van der Waals surface area contributed by atoms with Crippen LogP contribution in [0.4, 0.5) is 5.69 Å². The first-order valence-electron chi connectivity index (χ1n) is 6.62. The lowest BCUT2D eigenvalue weighted by Crippen LogP contribution is -2.32. The summed E-state index contributed by atoms with van der Waals surface area (Å²) in [5, 5.41) is 25.9. The van der Waals surface area contributed by atoms with Crippen molar-refractivity contribution in [1.82, 2.24) is 14.6 Å². The van der Waals surface area contributed by atoms with E-state index in [0.29, 0.717) is 22.4 Å². The normalized spacial score (nSPS) is 10.5. The van der Waals surface area contributed by atoms with Gasteiger partial charge >= 0.3 is 7.12 Å². The SMILES string of the molecule is C#Cc1cnn2c(-c3cc(NC)c(B(O)O)cn3)ccc2c1. The van der Waals surface area contributed by atoms with E-state index in [1.54, 1.807) is 23.8 Å². The number of terminal acetylenes is 1. The first-order valence-corrected chi connectivity index (χ1v) is 6.62. The van der Waals surface area contributed by atoms with Gasteiger partial charge in [0.2, 0.25) is 0 Å². The van der Waals surface area contributed by atoms with Gasteiger partial charge in [-0.1, -0.05) is 5.92 Å². The van der Waals surface area contributed by atoms with Crippen LogP contribution in [0, 0.1) is 12.3 Å². The second-order valence-corrected chi connectivity index (χ2v) is 4.72. The fourth-order valence-corrected chi connectivity index (χ4v) is 2.30. The van der Waals surface area contributed by atoms with Crippen molar-refractivity contribution in [2.45, 2.75) is 0 Å². The molecule has 0 unspecified atom stereocenters. The molecular formula is C15H13BN4O2. The first-order chi connectivity index (χ1) is 10.6. The summed E-state index contributed by atoms with van der Waals surface area (Å²) in [6, 6.07) is 7.40. The fraction of sp³-hybridized carbons (Fsp3) is 0.0667. The Balaban J connectivity index is 2.14. The van der Waals surface area contributed by atoms with E-state index in [9.17, 15) is 10.0 Å². The van der Waals surface area contributed by atoms with Crippen LogP contribution in [0.3, 0.4) is 0 Å². The van der Waals surface area contributed by atoms with Crippen molar-refractivity contribution in [3.8, 4) is 23.7 Å². The largest absolute Gasteiger partial charge is 0.492 e. The van der Waals surface area contributed by atoms with E-state index in [0.717, 1.165) is 11.2 Å². The molecule has 0 aliphatic rings. The molecule has 22 heavy (non-hydrogen) atoms. The second kappa shape index (κ2) is 5.52. The minimum atomic E-state index is -1.58. The lowest BCUT2D eigenvalue weighted by molar-refractivity contribution is 0.426. The predicted molar refractivity (Wildman–Crippen MR) is 85.7 cm³/mol. The van der Waals surface area contributed by atoms with Crippen molar-refractivity contribution in [3.63, 3.8) is 0 Å². The summed E-state index contributed by atoms with van der Waals surface area (Å²) < 4.78 is 1.73. The van der Waals surface area contributed by atoms with Gasteiger partial charge < -0.3 is 15.4 Å². The number of hydrogen-bond donors (Lipinski definition) is 3. The van der Waals surface area contributed by atoms with Gasteiger partial charge in [0, 0.05) is 30.0 Å². The molecule has 0 amide bonds. The van der Waals surface area contributed by atoms with Crippen LogP contribution in [-0.4, -0.2) is 38.8 Å². The quantitative estimate of drug-likeness (QED) is 0.471. The zero-order chi connectivity index (χ0) is 15.7. The van der Waals surface area contributed by atoms with E-state index >= 15 is 0 Å². The summed E-state index contributed by atoms with van der Waals surface area (Å²) in [4.78, 5) is 4.28. The van der Waals surface area contributed by atoms with Crippen molar-refractivity contribution >= 4 is 23.8 Å². The number of rotatable bonds is 3. The fourth-order valence-electron chi connectivity index (χ4n) is 2.30. The van der Waals surface area contributed by atoms with Crippen LogP contribution in [0.2, 0.25) is 0 Å². The van der Waals surface area contributed by atoms with Gasteiger partial charge in [0.25, 0.3) is 0 Å². The average molecular weight is 292 g/mol. The molecule has 3 aromatic rings. The number of pyridine rings is 1. The van der Waals surface area contributed by atoms with Gasteiger partial charge in [-0.15, -0.1) is 6.42 Å². The molecule has 0 saturated heterocycles. The lowest BCUT2D eigenvalue weighted by Gasteiger charge is -2.10. The number of nitrogens with zero attached hydrogens (tertiary/aromatic N) is 3. The summed E-state index contributed by atoms with van der Waals surface area (Å²) >= 11 is 0. The van der Waals surface area contributed by atoms with Crippen molar-refractivity contribution < 1.29 is 10.0 Å². The van der Waals surface area contributed by atoms with Crippen LogP contribution in [0.5, 0.6) is 0 Å². The predicted octanol–water partition coefficient (Wildman–Crippen LogP) is 0.0991. The molecule has 0 fully saturated rings. The monoisotopic (exact) mass is 292 g/mol. The summed E-state index contributed by atoms with van der Waals surface area (Å²) in [5.41, 5.74) is 3.93. The Morgan fingerprint density at radius 3 is 2.77 bits per heavy atom. The Morgan fingerprint density at radius 2 is 2.09 bits per heavy atom. The smallest absolute Gasteiger partial charge is 0.423 e. The summed E-state index contributed by atoms with van der Waals surface area (Å²) in [7, 11) is 0.128. The van der Waals surface area contributed by atoms with E-state index in [1.807, 2.05) is 18.2 Å². The minimum absolute atomic E-state index is 0.315. The number of hydrogen-bond acceptors (Lipinski definition) is 5.